The van der Waals surface area contributed by atoms with E-state index in [1.807, 2.05) is 7.05 Å². The molecular weight excluding hydrogens is 158 g/mol. The Morgan fingerprint density at radius 1 is 1.46 bits per heavy atom. The van der Waals surface area contributed by atoms with Crippen molar-refractivity contribution in [1.29, 1.82) is 0 Å². The summed E-state index contributed by atoms with van der Waals surface area (Å²) in [7, 11) is 2.00. The second-order valence-corrected chi connectivity index (χ2v) is 4.67. The molecule has 0 aliphatic heterocycles. The third-order valence-corrected chi connectivity index (χ3v) is 2.60. The number of nitrogens with one attached hydrogen (secondary N) is 1. The lowest BCUT2D eigenvalue weighted by Gasteiger charge is -2.25. The fourth-order valence-corrected chi connectivity index (χ4v) is 1.58. The third kappa shape index (κ3) is 5.87. The Bertz CT molecular complexity index is 140. The van der Waals surface area contributed by atoms with Gasteiger partial charge in [-0.25, -0.2) is 0 Å². The monoisotopic (exact) mass is 183 g/mol. The van der Waals surface area contributed by atoms with Gasteiger partial charge in [0, 0.05) is 6.54 Å². The Hall–Kier alpha value is -0.300. The van der Waals surface area contributed by atoms with Gasteiger partial charge in [0.25, 0.3) is 0 Å². The summed E-state index contributed by atoms with van der Waals surface area (Å²) in [6.07, 6.45) is 5.97. The highest BCUT2D eigenvalue weighted by Crippen LogP contribution is 2.25. The third-order valence-electron chi connectivity index (χ3n) is 2.60. The Kier molecular flexibility index (Phi) is 6.06. The quantitative estimate of drug-likeness (QED) is 0.598. The second-order valence-electron chi connectivity index (χ2n) is 4.67. The van der Waals surface area contributed by atoms with Crippen molar-refractivity contribution in [1.82, 2.24) is 5.32 Å². The van der Waals surface area contributed by atoms with Crippen LogP contribution in [0.2, 0.25) is 0 Å². The molecule has 1 unspecified atom stereocenters. The molecule has 0 aromatic rings. The van der Waals surface area contributed by atoms with Gasteiger partial charge in [-0.05, 0) is 24.8 Å². The van der Waals surface area contributed by atoms with E-state index >= 15 is 0 Å². The van der Waals surface area contributed by atoms with Crippen molar-refractivity contribution in [3.8, 4) is 0 Å². The minimum atomic E-state index is 0.281. The molecule has 0 spiro atoms. The molecule has 0 radical (unpaired) electrons. The van der Waals surface area contributed by atoms with Crippen LogP contribution < -0.4 is 5.32 Å². The van der Waals surface area contributed by atoms with Crippen molar-refractivity contribution in [2.75, 3.05) is 13.6 Å². The van der Waals surface area contributed by atoms with Gasteiger partial charge >= 0.3 is 0 Å². The second kappa shape index (κ2) is 6.20. The molecule has 0 bridgehead atoms. The van der Waals surface area contributed by atoms with E-state index in [4.69, 9.17) is 0 Å². The van der Waals surface area contributed by atoms with Crippen LogP contribution in [-0.4, -0.2) is 13.6 Å². The maximum absolute atomic E-state index is 3.91. The molecule has 0 aromatic heterocycles. The van der Waals surface area contributed by atoms with Crippen molar-refractivity contribution in [2.45, 2.75) is 40.0 Å². The smallest absolute Gasteiger partial charge is 0.00367 e. The number of rotatable bonds is 7. The average Bonchev–Trinajstić information content (AvgIpc) is 2.04. The normalized spacial score (nSPS) is 15.8. The summed E-state index contributed by atoms with van der Waals surface area (Å²) in [6, 6.07) is 0. The van der Waals surface area contributed by atoms with E-state index in [1.54, 1.807) is 0 Å². The first-order chi connectivity index (χ1) is 6.04. The summed E-state index contributed by atoms with van der Waals surface area (Å²) in [5.74, 6) is 0.823. The van der Waals surface area contributed by atoms with Crippen LogP contribution in [-0.2, 0) is 0 Å². The Labute approximate surface area is 83.6 Å². The zero-order valence-electron chi connectivity index (χ0n) is 9.69. The molecule has 1 atom stereocenters. The molecule has 0 amide bonds. The van der Waals surface area contributed by atoms with E-state index < -0.39 is 0 Å². The Morgan fingerprint density at radius 2 is 2.08 bits per heavy atom. The molecule has 0 saturated carbocycles. The topological polar surface area (TPSA) is 12.0 Å². The van der Waals surface area contributed by atoms with Crippen LogP contribution in [0, 0.1) is 11.3 Å². The standard InChI is InChI=1S/C12H25N/c1-6-12(4,10-13-5)9-7-8-11(2)3/h6,11,13H,1,7-10H2,2-5H3. The molecule has 0 rings (SSSR count). The molecule has 0 heterocycles. The highest BCUT2D eigenvalue weighted by atomic mass is 14.8. The van der Waals surface area contributed by atoms with E-state index in [0.717, 1.165) is 12.5 Å². The SMILES string of the molecule is C=CC(C)(CCCC(C)C)CNC. The minimum absolute atomic E-state index is 0.281. The van der Waals surface area contributed by atoms with Gasteiger partial charge in [0.1, 0.15) is 0 Å². The maximum atomic E-state index is 3.91. The first kappa shape index (κ1) is 12.7. The zero-order valence-corrected chi connectivity index (χ0v) is 9.69. The van der Waals surface area contributed by atoms with Crippen LogP contribution in [0.1, 0.15) is 40.0 Å². The van der Waals surface area contributed by atoms with Gasteiger partial charge in [0.2, 0.25) is 0 Å². The van der Waals surface area contributed by atoms with Crippen molar-refractivity contribution < 1.29 is 0 Å². The van der Waals surface area contributed by atoms with Gasteiger partial charge in [0.05, 0.1) is 0 Å². The predicted molar refractivity (Wildman–Crippen MR) is 60.9 cm³/mol. The number of hydrogen-bond acceptors (Lipinski definition) is 1. The lowest BCUT2D eigenvalue weighted by Crippen LogP contribution is -2.27. The van der Waals surface area contributed by atoms with Gasteiger partial charge in [-0.15, -0.1) is 6.58 Å². The Morgan fingerprint density at radius 3 is 2.46 bits per heavy atom. The fraction of sp³-hybridized carbons (Fsp3) is 0.833. The van der Waals surface area contributed by atoms with Gasteiger partial charge < -0.3 is 5.32 Å². The lowest BCUT2D eigenvalue weighted by atomic mass is 9.84. The predicted octanol–water partition coefficient (Wildman–Crippen LogP) is 3.22. The largest absolute Gasteiger partial charge is 0.319 e. The van der Waals surface area contributed by atoms with Gasteiger partial charge in [-0.2, -0.15) is 0 Å². The molecule has 0 fully saturated rings. The van der Waals surface area contributed by atoms with Gasteiger partial charge in [-0.1, -0.05) is 39.7 Å². The molecule has 78 valence electrons. The maximum Gasteiger partial charge on any atom is 0.00367 e. The summed E-state index contributed by atoms with van der Waals surface area (Å²) in [6.45, 7) is 11.8. The molecule has 0 aromatic carbocycles. The Balaban J connectivity index is 3.76. The van der Waals surface area contributed by atoms with Crippen molar-refractivity contribution in [3.63, 3.8) is 0 Å². The van der Waals surface area contributed by atoms with Crippen LogP contribution >= 0.6 is 0 Å². The molecule has 1 N–H and O–H groups in total. The van der Waals surface area contributed by atoms with E-state index in [-0.39, 0.29) is 5.41 Å². The highest BCUT2D eigenvalue weighted by Gasteiger charge is 2.18. The molecule has 1 heteroatoms. The van der Waals surface area contributed by atoms with Crippen LogP contribution in [0.3, 0.4) is 0 Å². The molecule has 0 saturated heterocycles. The summed E-state index contributed by atoms with van der Waals surface area (Å²) >= 11 is 0. The van der Waals surface area contributed by atoms with Crippen molar-refractivity contribution in [2.24, 2.45) is 11.3 Å². The minimum Gasteiger partial charge on any atom is -0.319 e. The summed E-state index contributed by atoms with van der Waals surface area (Å²) in [5.41, 5.74) is 0.281. The first-order valence-electron chi connectivity index (χ1n) is 5.32. The summed E-state index contributed by atoms with van der Waals surface area (Å²) in [4.78, 5) is 0. The molecule has 1 nitrogen and oxygen atoms in total. The van der Waals surface area contributed by atoms with Gasteiger partial charge in [-0.3, -0.25) is 0 Å². The van der Waals surface area contributed by atoms with Gasteiger partial charge in [0.15, 0.2) is 0 Å². The molecule has 0 aliphatic rings. The molecule has 13 heavy (non-hydrogen) atoms. The van der Waals surface area contributed by atoms with Crippen LogP contribution in [0.15, 0.2) is 12.7 Å². The molecule has 0 aliphatic carbocycles. The van der Waals surface area contributed by atoms with Crippen LogP contribution in [0.4, 0.5) is 0 Å². The first-order valence-corrected chi connectivity index (χ1v) is 5.32. The highest BCUT2D eigenvalue weighted by molar-refractivity contribution is 4.92. The van der Waals surface area contributed by atoms with E-state index in [1.165, 1.54) is 19.3 Å². The average molecular weight is 183 g/mol. The van der Waals surface area contributed by atoms with Crippen LogP contribution in [0.5, 0.6) is 0 Å². The van der Waals surface area contributed by atoms with E-state index in [9.17, 15) is 0 Å². The number of hydrogen-bond donors (Lipinski definition) is 1. The summed E-state index contributed by atoms with van der Waals surface area (Å²) in [5, 5.41) is 3.23. The summed E-state index contributed by atoms with van der Waals surface area (Å²) < 4.78 is 0. The van der Waals surface area contributed by atoms with E-state index in [0.29, 0.717) is 0 Å². The van der Waals surface area contributed by atoms with Crippen molar-refractivity contribution in [3.05, 3.63) is 12.7 Å². The fourth-order valence-electron chi connectivity index (χ4n) is 1.58. The van der Waals surface area contributed by atoms with Crippen LogP contribution in [0.25, 0.3) is 0 Å². The van der Waals surface area contributed by atoms with Crippen molar-refractivity contribution >= 4 is 0 Å². The lowest BCUT2D eigenvalue weighted by molar-refractivity contribution is 0.349. The zero-order chi connectivity index (χ0) is 10.3. The van der Waals surface area contributed by atoms with E-state index in [2.05, 4.69) is 38.7 Å². The molecular formula is C12H25N.